The molecule has 1 aliphatic rings. The number of nitrogens with one attached hydrogen (secondary N) is 1. The van der Waals surface area contributed by atoms with Crippen molar-refractivity contribution in [1.82, 2.24) is 9.73 Å². The third kappa shape index (κ3) is 4.98. The predicted octanol–water partition coefficient (Wildman–Crippen LogP) is 1.94. The molecule has 2 rings (SSSR count). The fraction of sp³-hybridized carbons (Fsp3) is 0.571. The standard InChI is InChI=1S/C14H21N3O5S/c1-14(2,3)22-13(18)17-8-6-11(7-9-17)15-16-23(19,20)12-5-4-10-21-12/h4-5,10,16H,6-9H2,1-3H3. The lowest BCUT2D eigenvalue weighted by molar-refractivity contribution is 0.0249. The van der Waals surface area contributed by atoms with Gasteiger partial charge in [-0.15, -0.1) is 0 Å². The summed E-state index contributed by atoms with van der Waals surface area (Å²) in [6, 6.07) is 2.83. The Morgan fingerprint density at radius 2 is 2.00 bits per heavy atom. The number of rotatable bonds is 3. The molecule has 9 heteroatoms. The second-order valence-electron chi connectivity index (χ2n) is 6.17. The zero-order valence-corrected chi connectivity index (χ0v) is 14.2. The molecule has 0 aliphatic carbocycles. The Bertz CT molecular complexity index is 664. The number of carbonyl (C=O) groups is 1. The molecule has 8 nitrogen and oxygen atoms in total. The molecule has 1 fully saturated rings. The number of furan rings is 1. The Labute approximate surface area is 135 Å². The van der Waals surface area contributed by atoms with Gasteiger partial charge in [0.05, 0.1) is 6.26 Å². The van der Waals surface area contributed by atoms with Crippen molar-refractivity contribution in [2.75, 3.05) is 13.1 Å². The van der Waals surface area contributed by atoms with E-state index in [0.29, 0.717) is 31.6 Å². The van der Waals surface area contributed by atoms with Crippen LogP contribution in [-0.2, 0) is 14.8 Å². The molecule has 0 bridgehead atoms. The minimum absolute atomic E-state index is 0.187. The first-order valence-corrected chi connectivity index (χ1v) is 8.74. The number of ether oxygens (including phenoxy) is 1. The lowest BCUT2D eigenvalue weighted by Gasteiger charge is -2.30. The molecule has 1 amide bonds. The first-order chi connectivity index (χ1) is 10.7. The van der Waals surface area contributed by atoms with E-state index in [1.54, 1.807) is 4.90 Å². The molecule has 1 N–H and O–H groups in total. The van der Waals surface area contributed by atoms with E-state index in [1.165, 1.54) is 18.4 Å². The summed E-state index contributed by atoms with van der Waals surface area (Å²) in [5.74, 6) is 0. The molecule has 0 radical (unpaired) electrons. The monoisotopic (exact) mass is 343 g/mol. The van der Waals surface area contributed by atoms with Crippen molar-refractivity contribution in [3.63, 3.8) is 0 Å². The second-order valence-corrected chi connectivity index (χ2v) is 7.76. The van der Waals surface area contributed by atoms with Crippen molar-refractivity contribution in [2.45, 2.75) is 44.3 Å². The maximum absolute atomic E-state index is 11.9. The van der Waals surface area contributed by atoms with Gasteiger partial charge in [-0.25, -0.2) is 4.79 Å². The van der Waals surface area contributed by atoms with Crippen LogP contribution in [0.3, 0.4) is 0 Å². The van der Waals surface area contributed by atoms with E-state index in [2.05, 4.69) is 9.93 Å². The molecule has 0 saturated carbocycles. The van der Waals surface area contributed by atoms with Crippen molar-refractivity contribution >= 4 is 21.8 Å². The van der Waals surface area contributed by atoms with Gasteiger partial charge in [0.2, 0.25) is 5.09 Å². The van der Waals surface area contributed by atoms with Gasteiger partial charge in [0.1, 0.15) is 5.60 Å². The van der Waals surface area contributed by atoms with E-state index in [9.17, 15) is 13.2 Å². The predicted molar refractivity (Wildman–Crippen MR) is 83.5 cm³/mol. The van der Waals surface area contributed by atoms with E-state index < -0.39 is 15.6 Å². The number of hydrogen-bond acceptors (Lipinski definition) is 6. The van der Waals surface area contributed by atoms with Gasteiger partial charge in [-0.05, 0) is 32.9 Å². The van der Waals surface area contributed by atoms with Crippen LogP contribution in [0.1, 0.15) is 33.6 Å². The van der Waals surface area contributed by atoms with E-state index in [4.69, 9.17) is 9.15 Å². The minimum Gasteiger partial charge on any atom is -0.451 e. The van der Waals surface area contributed by atoms with Crippen molar-refractivity contribution in [3.05, 3.63) is 18.4 Å². The summed E-state index contributed by atoms with van der Waals surface area (Å²) >= 11 is 0. The average molecular weight is 343 g/mol. The highest BCUT2D eigenvalue weighted by atomic mass is 32.2. The Balaban J connectivity index is 1.88. The van der Waals surface area contributed by atoms with Crippen molar-refractivity contribution < 1.29 is 22.4 Å². The number of amides is 1. The highest BCUT2D eigenvalue weighted by Crippen LogP contribution is 2.14. The number of carbonyl (C=O) groups excluding carboxylic acids is 1. The normalized spacial score (nSPS) is 16.1. The van der Waals surface area contributed by atoms with Crippen molar-refractivity contribution in [3.8, 4) is 0 Å². The lowest BCUT2D eigenvalue weighted by atomic mass is 10.1. The molecule has 0 unspecified atom stereocenters. The summed E-state index contributed by atoms with van der Waals surface area (Å²) in [5, 5.41) is 3.73. The molecule has 23 heavy (non-hydrogen) atoms. The van der Waals surface area contributed by atoms with Gasteiger partial charge in [-0.3, -0.25) is 0 Å². The quantitative estimate of drug-likeness (QED) is 0.845. The second kappa shape index (κ2) is 6.61. The zero-order chi connectivity index (χ0) is 17.1. The Morgan fingerprint density at radius 1 is 1.35 bits per heavy atom. The summed E-state index contributed by atoms with van der Waals surface area (Å²) in [6.07, 6.45) is 1.88. The van der Waals surface area contributed by atoms with Gasteiger partial charge >= 0.3 is 16.1 Å². The molecule has 1 aromatic heterocycles. The summed E-state index contributed by atoms with van der Waals surface area (Å²) in [6.45, 7) is 6.31. The van der Waals surface area contributed by atoms with Crippen molar-refractivity contribution in [1.29, 1.82) is 0 Å². The molecule has 0 spiro atoms. The van der Waals surface area contributed by atoms with E-state index in [1.807, 2.05) is 20.8 Å². The van der Waals surface area contributed by atoms with E-state index in [-0.39, 0.29) is 11.2 Å². The van der Waals surface area contributed by atoms with Gasteiger partial charge in [0.25, 0.3) is 0 Å². The molecular formula is C14H21N3O5S. The third-order valence-corrected chi connectivity index (χ3v) is 4.17. The summed E-state index contributed by atoms with van der Waals surface area (Å²) < 4.78 is 33.9. The number of nitrogens with zero attached hydrogens (tertiary/aromatic N) is 2. The highest BCUT2D eigenvalue weighted by Gasteiger charge is 2.25. The zero-order valence-electron chi connectivity index (χ0n) is 13.4. The van der Waals surface area contributed by atoms with Crippen LogP contribution >= 0.6 is 0 Å². The van der Waals surface area contributed by atoms with E-state index >= 15 is 0 Å². The molecule has 1 saturated heterocycles. The van der Waals surface area contributed by atoms with Gasteiger partial charge in [0.15, 0.2) is 0 Å². The molecule has 128 valence electrons. The summed E-state index contributed by atoms with van der Waals surface area (Å²) in [7, 11) is -3.78. The minimum atomic E-state index is -3.78. The smallest absolute Gasteiger partial charge is 0.410 e. The number of likely N-dealkylation sites (tertiary alicyclic amines) is 1. The van der Waals surface area contributed by atoms with Gasteiger partial charge < -0.3 is 14.1 Å². The Kier molecular flexibility index (Phi) is 4.98. The van der Waals surface area contributed by atoms with Crippen LogP contribution in [0.5, 0.6) is 0 Å². The topological polar surface area (TPSA) is 101 Å². The first kappa shape index (κ1) is 17.3. The van der Waals surface area contributed by atoms with Crippen LogP contribution in [0.4, 0.5) is 4.79 Å². The molecule has 0 aromatic carbocycles. The molecule has 1 aromatic rings. The SMILES string of the molecule is CC(C)(C)OC(=O)N1CCC(=NNS(=O)(=O)c2ccco2)CC1. The molecule has 0 atom stereocenters. The van der Waals surface area contributed by atoms with Crippen LogP contribution in [0.25, 0.3) is 0 Å². The number of hydrazone groups is 1. The van der Waals surface area contributed by atoms with Crippen LogP contribution < -0.4 is 4.83 Å². The van der Waals surface area contributed by atoms with Crippen LogP contribution in [0.15, 0.2) is 33.0 Å². The molecule has 1 aliphatic heterocycles. The number of sulfonamides is 1. The van der Waals surface area contributed by atoms with Crippen molar-refractivity contribution in [2.24, 2.45) is 5.10 Å². The van der Waals surface area contributed by atoms with Gasteiger partial charge in [-0.2, -0.15) is 18.4 Å². The van der Waals surface area contributed by atoms with Crippen LogP contribution in [-0.4, -0.2) is 43.8 Å². The Morgan fingerprint density at radius 3 is 2.52 bits per heavy atom. The van der Waals surface area contributed by atoms with Gasteiger partial charge in [-0.1, -0.05) is 0 Å². The Hall–Kier alpha value is -2.03. The average Bonchev–Trinajstić information content (AvgIpc) is 2.99. The number of piperidine rings is 1. The third-order valence-electron chi connectivity index (χ3n) is 3.08. The molecular weight excluding hydrogens is 322 g/mol. The highest BCUT2D eigenvalue weighted by molar-refractivity contribution is 7.89. The molecule has 2 heterocycles. The first-order valence-electron chi connectivity index (χ1n) is 7.26. The largest absolute Gasteiger partial charge is 0.451 e. The maximum atomic E-state index is 11.9. The van der Waals surface area contributed by atoms with E-state index in [0.717, 1.165) is 0 Å². The lowest BCUT2D eigenvalue weighted by Crippen LogP contribution is -2.42. The van der Waals surface area contributed by atoms with Gasteiger partial charge in [0, 0.05) is 31.6 Å². The van der Waals surface area contributed by atoms with Crippen LogP contribution in [0, 0.1) is 0 Å². The fourth-order valence-electron chi connectivity index (χ4n) is 1.97. The maximum Gasteiger partial charge on any atom is 0.410 e. The summed E-state index contributed by atoms with van der Waals surface area (Å²) in [4.78, 5) is 15.7. The van der Waals surface area contributed by atoms with Crippen LogP contribution in [0.2, 0.25) is 0 Å². The fourth-order valence-corrected chi connectivity index (χ4v) is 2.75. The number of hydrogen-bond donors (Lipinski definition) is 1. The summed E-state index contributed by atoms with van der Waals surface area (Å²) in [5.41, 5.74) is 0.143.